The second-order valence-corrected chi connectivity index (χ2v) is 10.9. The van der Waals surface area contributed by atoms with Crippen LogP contribution in [0.5, 0.6) is 5.75 Å². The zero-order valence-electron chi connectivity index (χ0n) is 23.3. The molecule has 8 nitrogen and oxygen atoms in total. The Bertz CT molecular complexity index is 962. The van der Waals surface area contributed by atoms with Gasteiger partial charge in [0.25, 0.3) is 0 Å². The molecule has 2 amide bonds. The Kier molecular flexibility index (Phi) is 13.0. The second kappa shape index (κ2) is 15.6. The molecule has 0 spiro atoms. The lowest BCUT2D eigenvalue weighted by Gasteiger charge is -2.28. The highest BCUT2D eigenvalue weighted by Crippen LogP contribution is 2.29. The van der Waals surface area contributed by atoms with E-state index in [2.05, 4.69) is 10.6 Å². The van der Waals surface area contributed by atoms with Crippen LogP contribution >= 0.6 is 0 Å². The monoisotopic (exact) mass is 551 g/mol. The summed E-state index contributed by atoms with van der Waals surface area (Å²) in [5.41, 5.74) is 5.92. The fraction of sp³-hybridized carbons (Fsp3) is 0.655. The van der Waals surface area contributed by atoms with Crippen LogP contribution in [-0.2, 0) is 25.6 Å². The summed E-state index contributed by atoms with van der Waals surface area (Å²) >= 11 is 0. The molecule has 1 aliphatic carbocycles. The number of ketones is 2. The smallest absolute Gasteiger partial charge is 0.319 e. The second-order valence-electron chi connectivity index (χ2n) is 10.9. The van der Waals surface area contributed by atoms with Crippen LogP contribution in [0.4, 0.5) is 8.78 Å². The van der Waals surface area contributed by atoms with E-state index in [-0.39, 0.29) is 55.6 Å². The molecule has 0 saturated heterocycles. The van der Waals surface area contributed by atoms with Gasteiger partial charge in [0.15, 0.2) is 5.78 Å². The topological polar surface area (TPSA) is 128 Å². The van der Waals surface area contributed by atoms with E-state index in [0.717, 1.165) is 37.7 Å². The van der Waals surface area contributed by atoms with Crippen LogP contribution in [0, 0.1) is 11.8 Å². The number of halogens is 2. The first kappa shape index (κ1) is 32.3. The highest BCUT2D eigenvalue weighted by atomic mass is 19.3. The third-order valence-electron chi connectivity index (χ3n) is 7.08. The minimum atomic E-state index is -3.74. The highest BCUT2D eigenvalue weighted by Gasteiger charge is 2.43. The van der Waals surface area contributed by atoms with Crippen molar-refractivity contribution in [3.63, 3.8) is 0 Å². The molecule has 39 heavy (non-hydrogen) atoms. The normalized spacial score (nSPS) is 15.9. The van der Waals surface area contributed by atoms with Gasteiger partial charge in [0.2, 0.25) is 17.6 Å². The Balaban J connectivity index is 2.06. The molecule has 4 N–H and O–H groups in total. The van der Waals surface area contributed by atoms with Gasteiger partial charge in [-0.2, -0.15) is 8.78 Å². The zero-order chi connectivity index (χ0) is 29.0. The van der Waals surface area contributed by atoms with Crippen molar-refractivity contribution in [2.45, 2.75) is 96.1 Å². The third kappa shape index (κ3) is 11.0. The van der Waals surface area contributed by atoms with Gasteiger partial charge in [-0.3, -0.25) is 19.2 Å². The van der Waals surface area contributed by atoms with Gasteiger partial charge in [-0.15, -0.1) is 0 Å². The van der Waals surface area contributed by atoms with Crippen molar-refractivity contribution >= 4 is 23.4 Å². The van der Waals surface area contributed by atoms with Gasteiger partial charge in [0.1, 0.15) is 5.75 Å². The maximum atomic E-state index is 14.2. The molecule has 10 heteroatoms. The quantitative estimate of drug-likeness (QED) is 0.287. The van der Waals surface area contributed by atoms with Crippen molar-refractivity contribution in [3.05, 3.63) is 29.8 Å². The van der Waals surface area contributed by atoms with E-state index in [1.165, 1.54) is 0 Å². The fourth-order valence-electron chi connectivity index (χ4n) is 4.89. The molecule has 1 fully saturated rings. The third-order valence-corrected chi connectivity index (χ3v) is 7.08. The molecule has 0 unspecified atom stereocenters. The summed E-state index contributed by atoms with van der Waals surface area (Å²) in [4.78, 5) is 50.9. The SMILES string of the molecule is COc1ccc(C[C@H](NC(=O)CC(C)C)C(=O)CCC(=O)N[C@@H](CC2CCCCC2)C(=O)C(F)(F)CN)cc1. The first-order chi connectivity index (χ1) is 18.4. The van der Waals surface area contributed by atoms with Crippen molar-refractivity contribution in [3.8, 4) is 5.75 Å². The van der Waals surface area contributed by atoms with Crippen LogP contribution in [0.25, 0.3) is 0 Å². The molecule has 0 bridgehead atoms. The average Bonchev–Trinajstić information content (AvgIpc) is 2.91. The molecule has 1 saturated carbocycles. The summed E-state index contributed by atoms with van der Waals surface area (Å²) in [5, 5.41) is 5.22. The Morgan fingerprint density at radius 3 is 2.15 bits per heavy atom. The van der Waals surface area contributed by atoms with Gasteiger partial charge >= 0.3 is 5.92 Å². The molecular weight excluding hydrogens is 508 g/mol. The number of rotatable bonds is 16. The van der Waals surface area contributed by atoms with Crippen LogP contribution in [0.1, 0.15) is 77.2 Å². The van der Waals surface area contributed by atoms with E-state index in [1.54, 1.807) is 31.4 Å². The summed E-state index contributed by atoms with van der Waals surface area (Å²) in [5.74, 6) is -5.63. The lowest BCUT2D eigenvalue weighted by atomic mass is 9.83. The summed E-state index contributed by atoms with van der Waals surface area (Å²) in [6.07, 6.45) is 4.69. The molecule has 0 heterocycles. The van der Waals surface area contributed by atoms with E-state index in [9.17, 15) is 28.0 Å². The zero-order valence-corrected chi connectivity index (χ0v) is 23.3. The molecule has 1 aromatic carbocycles. The number of hydrogen-bond acceptors (Lipinski definition) is 6. The van der Waals surface area contributed by atoms with Crippen LogP contribution in [-0.4, -0.2) is 55.0 Å². The maximum absolute atomic E-state index is 14.2. The number of nitrogens with two attached hydrogens (primary N) is 1. The Hall–Kier alpha value is -2.88. The van der Waals surface area contributed by atoms with E-state index < -0.39 is 36.2 Å². The lowest BCUT2D eigenvalue weighted by Crippen LogP contribution is -2.52. The maximum Gasteiger partial charge on any atom is 0.319 e. The number of methoxy groups -OCH3 is 1. The highest BCUT2D eigenvalue weighted by molar-refractivity contribution is 5.95. The average molecular weight is 552 g/mol. The molecule has 1 aliphatic rings. The fourth-order valence-corrected chi connectivity index (χ4v) is 4.89. The van der Waals surface area contributed by atoms with Gasteiger partial charge in [-0.05, 0) is 42.4 Å². The van der Waals surface area contributed by atoms with Crippen LogP contribution in [0.15, 0.2) is 24.3 Å². The Morgan fingerprint density at radius 1 is 0.974 bits per heavy atom. The van der Waals surface area contributed by atoms with Crippen molar-refractivity contribution in [1.82, 2.24) is 10.6 Å². The van der Waals surface area contributed by atoms with Crippen LogP contribution < -0.4 is 21.1 Å². The molecule has 0 aliphatic heterocycles. The van der Waals surface area contributed by atoms with Crippen molar-refractivity contribution < 1.29 is 32.7 Å². The molecule has 2 atom stereocenters. The van der Waals surface area contributed by atoms with Crippen molar-refractivity contribution in [2.24, 2.45) is 17.6 Å². The van der Waals surface area contributed by atoms with Gasteiger partial charge < -0.3 is 21.1 Å². The predicted molar refractivity (Wildman–Crippen MR) is 144 cm³/mol. The summed E-state index contributed by atoms with van der Waals surface area (Å²) < 4.78 is 33.5. The Morgan fingerprint density at radius 2 is 1.59 bits per heavy atom. The standard InChI is InChI=1S/C29H43F2N3O5/c1-19(2)15-27(37)33-23(16-21-9-11-22(39-3)12-10-21)25(35)13-14-26(36)34-24(28(38)29(30,31)18-32)17-20-7-5-4-6-8-20/h9-12,19-20,23-24H,4-8,13-18,32H2,1-3H3,(H,33,37)(H,34,36)/t23-,24-/m0/s1. The van der Waals surface area contributed by atoms with Gasteiger partial charge in [-0.1, -0.05) is 58.1 Å². The van der Waals surface area contributed by atoms with Crippen LogP contribution in [0.2, 0.25) is 0 Å². The predicted octanol–water partition coefficient (Wildman–Crippen LogP) is 3.74. The number of ether oxygens (including phenoxy) is 1. The number of amides is 2. The largest absolute Gasteiger partial charge is 0.497 e. The molecule has 2 rings (SSSR count). The number of nitrogens with one attached hydrogen (secondary N) is 2. The summed E-state index contributed by atoms with van der Waals surface area (Å²) in [6.45, 7) is 2.65. The number of alkyl halides is 2. The first-order valence-corrected chi connectivity index (χ1v) is 13.8. The van der Waals surface area contributed by atoms with Crippen molar-refractivity contribution in [1.29, 1.82) is 0 Å². The number of benzene rings is 1. The Labute approximate surface area is 229 Å². The lowest BCUT2D eigenvalue weighted by molar-refractivity contribution is -0.146. The number of carbonyl (C=O) groups excluding carboxylic acids is 4. The van der Waals surface area contributed by atoms with Crippen LogP contribution in [0.3, 0.4) is 0 Å². The first-order valence-electron chi connectivity index (χ1n) is 13.8. The van der Waals surface area contributed by atoms with E-state index in [1.807, 2.05) is 13.8 Å². The number of carbonyl (C=O) groups is 4. The molecule has 0 aromatic heterocycles. The van der Waals surface area contributed by atoms with Gasteiger partial charge in [0, 0.05) is 19.3 Å². The number of Topliss-reactive ketones (excluding diaryl/α,β-unsaturated/α-hetero) is 2. The summed E-state index contributed by atoms with van der Waals surface area (Å²) in [7, 11) is 1.54. The van der Waals surface area contributed by atoms with Gasteiger partial charge in [-0.25, -0.2) is 0 Å². The van der Waals surface area contributed by atoms with Gasteiger partial charge in [0.05, 0.1) is 25.7 Å². The minimum absolute atomic E-state index is 0.0632. The molecule has 218 valence electrons. The summed E-state index contributed by atoms with van der Waals surface area (Å²) in [6, 6.07) is 4.86. The molecular formula is C29H43F2N3O5. The minimum Gasteiger partial charge on any atom is -0.497 e. The van der Waals surface area contributed by atoms with Crippen molar-refractivity contribution in [2.75, 3.05) is 13.7 Å². The number of hydrogen-bond donors (Lipinski definition) is 3. The van der Waals surface area contributed by atoms with E-state index in [0.29, 0.717) is 5.75 Å². The van der Waals surface area contributed by atoms with E-state index in [4.69, 9.17) is 10.5 Å². The van der Waals surface area contributed by atoms with E-state index >= 15 is 0 Å². The molecule has 1 aromatic rings. The molecule has 0 radical (unpaired) electrons.